The normalized spacial score (nSPS) is 12.3. The van der Waals surface area contributed by atoms with Crippen LogP contribution < -0.4 is 27.0 Å². The highest BCUT2D eigenvalue weighted by molar-refractivity contribution is 5.98. The zero-order chi connectivity index (χ0) is 30.2. The maximum Gasteiger partial charge on any atom is 0.312 e. The van der Waals surface area contributed by atoms with Crippen LogP contribution in [0.1, 0.15) is 72.3 Å². The average molecular weight is 562 g/mol. The summed E-state index contributed by atoms with van der Waals surface area (Å²) in [5.41, 5.74) is 6.32. The van der Waals surface area contributed by atoms with Gasteiger partial charge in [-0.2, -0.15) is 0 Å². The molecular formula is C28H43N5O7. The van der Waals surface area contributed by atoms with Crippen molar-refractivity contribution in [3.05, 3.63) is 29.8 Å². The molecule has 12 heteroatoms. The fraction of sp³-hybridized carbons (Fsp3) is 0.571. The Bertz CT molecular complexity index is 1020. The van der Waals surface area contributed by atoms with Gasteiger partial charge >= 0.3 is 12.0 Å². The van der Waals surface area contributed by atoms with Crippen molar-refractivity contribution >= 4 is 41.2 Å². The van der Waals surface area contributed by atoms with E-state index in [2.05, 4.69) is 21.3 Å². The summed E-state index contributed by atoms with van der Waals surface area (Å²) in [7, 11) is 0. The summed E-state index contributed by atoms with van der Waals surface area (Å²) >= 11 is 0. The third-order valence-corrected chi connectivity index (χ3v) is 5.87. The molecule has 0 unspecified atom stereocenters. The van der Waals surface area contributed by atoms with E-state index in [1.165, 1.54) is 6.92 Å². The first kappa shape index (κ1) is 34.1. The SMILES string of the molecule is CC(=O)CCCC(=O)N[C@H](C(=O)N[C@@H](CCCNC(N)=O)C(=O)Nc1ccc(COC(=O)C(C)C)cc1)C(C)C. The van der Waals surface area contributed by atoms with Crippen LogP contribution in [-0.2, 0) is 35.3 Å². The Balaban J connectivity index is 2.88. The molecule has 0 bridgehead atoms. The maximum absolute atomic E-state index is 13.1. The summed E-state index contributed by atoms with van der Waals surface area (Å²) in [5.74, 6) is -2.21. The van der Waals surface area contributed by atoms with Gasteiger partial charge in [0.2, 0.25) is 17.7 Å². The fourth-order valence-electron chi connectivity index (χ4n) is 3.56. The number of ether oxygens (including phenoxy) is 1. The van der Waals surface area contributed by atoms with E-state index in [1.54, 1.807) is 52.0 Å². The number of benzene rings is 1. The molecule has 0 aliphatic heterocycles. The maximum atomic E-state index is 13.1. The van der Waals surface area contributed by atoms with Crippen molar-refractivity contribution in [1.82, 2.24) is 16.0 Å². The molecule has 0 aliphatic rings. The molecule has 0 saturated carbocycles. The smallest absolute Gasteiger partial charge is 0.312 e. The Morgan fingerprint density at radius 3 is 2.08 bits per heavy atom. The molecule has 0 heterocycles. The van der Waals surface area contributed by atoms with Gasteiger partial charge in [0.1, 0.15) is 24.5 Å². The monoisotopic (exact) mass is 561 g/mol. The van der Waals surface area contributed by atoms with Gasteiger partial charge < -0.3 is 36.5 Å². The first-order valence-corrected chi connectivity index (χ1v) is 13.5. The largest absolute Gasteiger partial charge is 0.461 e. The minimum atomic E-state index is -0.968. The molecule has 1 aromatic rings. The Kier molecular flexibility index (Phi) is 15.0. The number of rotatable bonds is 17. The van der Waals surface area contributed by atoms with Gasteiger partial charge in [-0.3, -0.25) is 19.2 Å². The van der Waals surface area contributed by atoms with Crippen molar-refractivity contribution < 1.29 is 33.5 Å². The molecule has 6 N–H and O–H groups in total. The number of esters is 1. The number of hydrogen-bond acceptors (Lipinski definition) is 7. The summed E-state index contributed by atoms with van der Waals surface area (Å²) in [5, 5.41) is 10.6. The number of nitrogens with one attached hydrogen (secondary N) is 4. The Morgan fingerprint density at radius 1 is 0.875 bits per heavy atom. The summed E-state index contributed by atoms with van der Waals surface area (Å²) in [6, 6.07) is 4.18. The van der Waals surface area contributed by atoms with Gasteiger partial charge in [-0.25, -0.2) is 4.79 Å². The van der Waals surface area contributed by atoms with E-state index in [0.29, 0.717) is 18.5 Å². The van der Waals surface area contributed by atoms with E-state index in [4.69, 9.17) is 10.5 Å². The van der Waals surface area contributed by atoms with Crippen LogP contribution in [0.3, 0.4) is 0 Å². The number of anilines is 1. The lowest BCUT2D eigenvalue weighted by Crippen LogP contribution is -2.54. The predicted octanol–water partition coefficient (Wildman–Crippen LogP) is 2.16. The molecule has 1 rings (SSSR count). The number of carbonyl (C=O) groups is 6. The second kappa shape index (κ2) is 17.6. The lowest BCUT2D eigenvalue weighted by Gasteiger charge is -2.25. The van der Waals surface area contributed by atoms with E-state index >= 15 is 0 Å². The molecule has 40 heavy (non-hydrogen) atoms. The molecule has 12 nitrogen and oxygen atoms in total. The Labute approximate surface area is 235 Å². The first-order valence-electron chi connectivity index (χ1n) is 13.5. The predicted molar refractivity (Wildman–Crippen MR) is 150 cm³/mol. The fourth-order valence-corrected chi connectivity index (χ4v) is 3.56. The molecule has 2 atom stereocenters. The van der Waals surface area contributed by atoms with E-state index in [9.17, 15) is 28.8 Å². The van der Waals surface area contributed by atoms with Crippen molar-refractivity contribution in [3.8, 4) is 0 Å². The lowest BCUT2D eigenvalue weighted by atomic mass is 10.0. The van der Waals surface area contributed by atoms with E-state index in [0.717, 1.165) is 5.56 Å². The molecule has 5 amide bonds. The van der Waals surface area contributed by atoms with Gasteiger partial charge in [0.05, 0.1) is 5.92 Å². The minimum absolute atomic E-state index is 0.0187. The minimum Gasteiger partial charge on any atom is -0.461 e. The molecule has 0 spiro atoms. The van der Waals surface area contributed by atoms with Crippen molar-refractivity contribution in [2.45, 2.75) is 85.4 Å². The highest BCUT2D eigenvalue weighted by Crippen LogP contribution is 2.13. The zero-order valence-corrected chi connectivity index (χ0v) is 24.0. The van der Waals surface area contributed by atoms with Crippen LogP contribution in [0.5, 0.6) is 0 Å². The third kappa shape index (κ3) is 13.7. The second-order valence-corrected chi connectivity index (χ2v) is 10.3. The van der Waals surface area contributed by atoms with Crippen molar-refractivity contribution in [2.75, 3.05) is 11.9 Å². The quantitative estimate of drug-likeness (QED) is 0.142. The standard InChI is InChI=1S/C28H43N5O7/c1-17(2)24(33-23(35)10-6-8-19(5)34)26(37)32-22(9-7-15-30-28(29)39)25(36)31-21-13-11-20(12-14-21)16-40-27(38)18(3)4/h11-14,17-18,22,24H,6-10,15-16H2,1-5H3,(H,31,36)(H,32,37)(H,33,35)(H3,29,30,39)/t22-,24-/m0/s1. The highest BCUT2D eigenvalue weighted by atomic mass is 16.5. The summed E-state index contributed by atoms with van der Waals surface area (Å²) in [4.78, 5) is 72.5. The van der Waals surface area contributed by atoms with Crippen LogP contribution in [0.15, 0.2) is 24.3 Å². The number of primary amides is 1. The van der Waals surface area contributed by atoms with Gasteiger partial charge in [0.25, 0.3) is 0 Å². The van der Waals surface area contributed by atoms with Crippen LogP contribution in [0.2, 0.25) is 0 Å². The summed E-state index contributed by atoms with van der Waals surface area (Å²) in [6.07, 6.45) is 1.30. The Hall–Kier alpha value is -3.96. The van der Waals surface area contributed by atoms with Crippen LogP contribution in [0.25, 0.3) is 0 Å². The summed E-state index contributed by atoms with van der Waals surface area (Å²) in [6.45, 7) is 8.79. The lowest BCUT2D eigenvalue weighted by molar-refractivity contribution is -0.148. The molecule has 1 aromatic carbocycles. The highest BCUT2D eigenvalue weighted by Gasteiger charge is 2.28. The molecule has 0 saturated heterocycles. The number of Topliss-reactive ketones (excluding diaryl/α,β-unsaturated/α-hetero) is 1. The van der Waals surface area contributed by atoms with Gasteiger partial charge in [0, 0.05) is 25.1 Å². The van der Waals surface area contributed by atoms with Crippen molar-refractivity contribution in [2.24, 2.45) is 17.6 Å². The zero-order valence-electron chi connectivity index (χ0n) is 24.0. The van der Waals surface area contributed by atoms with Crippen LogP contribution in [0, 0.1) is 11.8 Å². The third-order valence-electron chi connectivity index (χ3n) is 5.87. The topological polar surface area (TPSA) is 186 Å². The van der Waals surface area contributed by atoms with Gasteiger partial charge in [0.15, 0.2) is 0 Å². The average Bonchev–Trinajstić information content (AvgIpc) is 2.87. The number of hydrogen-bond donors (Lipinski definition) is 5. The molecular weight excluding hydrogens is 518 g/mol. The molecule has 0 radical (unpaired) electrons. The van der Waals surface area contributed by atoms with Crippen LogP contribution in [0.4, 0.5) is 10.5 Å². The van der Waals surface area contributed by atoms with Gasteiger partial charge in [-0.1, -0.05) is 39.8 Å². The molecule has 0 aromatic heterocycles. The van der Waals surface area contributed by atoms with Crippen molar-refractivity contribution in [1.29, 1.82) is 0 Å². The number of urea groups is 1. The van der Waals surface area contributed by atoms with Gasteiger partial charge in [-0.15, -0.1) is 0 Å². The molecule has 0 aliphatic carbocycles. The van der Waals surface area contributed by atoms with E-state index < -0.39 is 29.9 Å². The van der Waals surface area contributed by atoms with Crippen LogP contribution in [-0.4, -0.2) is 54.1 Å². The van der Waals surface area contributed by atoms with E-state index in [1.807, 2.05) is 0 Å². The van der Waals surface area contributed by atoms with Crippen LogP contribution >= 0.6 is 0 Å². The molecule has 0 fully saturated rings. The first-order chi connectivity index (χ1) is 18.8. The van der Waals surface area contributed by atoms with Gasteiger partial charge in [-0.05, 0) is 49.8 Å². The number of amides is 5. The Morgan fingerprint density at radius 2 is 1.52 bits per heavy atom. The van der Waals surface area contributed by atoms with Crippen molar-refractivity contribution in [3.63, 3.8) is 0 Å². The number of ketones is 1. The molecule has 222 valence electrons. The second-order valence-electron chi connectivity index (χ2n) is 10.3. The van der Waals surface area contributed by atoms with E-state index in [-0.39, 0.29) is 61.9 Å². The summed E-state index contributed by atoms with van der Waals surface area (Å²) < 4.78 is 5.21. The number of carbonyl (C=O) groups excluding carboxylic acids is 6. The number of nitrogens with two attached hydrogens (primary N) is 1.